The quantitative estimate of drug-likeness (QED) is 0.607. The number of hydrogen-bond acceptors (Lipinski definition) is 5. The molecular weight excluding hydrogens is 449 g/mol. The third-order valence-corrected chi connectivity index (χ3v) is 7.33. The van der Waals surface area contributed by atoms with Gasteiger partial charge in [-0.2, -0.15) is 18.3 Å². The highest BCUT2D eigenvalue weighted by Crippen LogP contribution is 2.39. The number of fused-ring (bicyclic) bond motifs is 1. The number of carboxylic acids is 1. The first-order chi connectivity index (χ1) is 16.1. The molecule has 1 aliphatic heterocycles. The summed E-state index contributed by atoms with van der Waals surface area (Å²) in [5, 5.41) is 15.2. The molecule has 7 nitrogen and oxygen atoms in total. The van der Waals surface area contributed by atoms with E-state index in [-0.39, 0.29) is 12.1 Å². The van der Waals surface area contributed by atoms with E-state index in [1.807, 2.05) is 20.2 Å². The van der Waals surface area contributed by atoms with Crippen molar-refractivity contribution in [2.75, 3.05) is 31.1 Å². The molecule has 1 saturated carbocycles. The maximum atomic E-state index is 12.4. The van der Waals surface area contributed by atoms with E-state index in [4.69, 9.17) is 4.74 Å². The summed E-state index contributed by atoms with van der Waals surface area (Å²) >= 11 is 0. The van der Waals surface area contributed by atoms with Gasteiger partial charge in [-0.1, -0.05) is 6.92 Å². The zero-order valence-corrected chi connectivity index (χ0v) is 19.9. The summed E-state index contributed by atoms with van der Waals surface area (Å²) in [5.74, 6) is -0.930. The third kappa shape index (κ3) is 4.88. The lowest BCUT2D eigenvalue weighted by atomic mass is 9.86. The van der Waals surface area contributed by atoms with E-state index in [1.165, 1.54) is 0 Å². The molecule has 10 heteroatoms. The molecule has 1 N–H and O–H groups in total. The van der Waals surface area contributed by atoms with Crippen LogP contribution < -0.4 is 4.90 Å². The Labute approximate surface area is 197 Å². The maximum Gasteiger partial charge on any atom is 0.411 e. The molecule has 2 heterocycles. The zero-order valence-electron chi connectivity index (χ0n) is 19.9. The van der Waals surface area contributed by atoms with Crippen LogP contribution in [-0.2, 0) is 18.2 Å². The number of aromatic carboxylic acids is 1. The van der Waals surface area contributed by atoms with Crippen LogP contribution in [0.1, 0.15) is 55.5 Å². The number of ether oxygens (including phenoxy) is 1. The van der Waals surface area contributed by atoms with Crippen molar-refractivity contribution in [1.82, 2.24) is 14.7 Å². The molecule has 0 spiro atoms. The van der Waals surface area contributed by atoms with Gasteiger partial charge in [0.2, 0.25) is 0 Å². The fourth-order valence-corrected chi connectivity index (χ4v) is 5.61. The summed E-state index contributed by atoms with van der Waals surface area (Å²) in [6.45, 7) is 4.77. The van der Waals surface area contributed by atoms with Gasteiger partial charge in [0.05, 0.1) is 29.1 Å². The summed E-state index contributed by atoms with van der Waals surface area (Å²) in [6, 6.07) is 2.35. The van der Waals surface area contributed by atoms with E-state index in [9.17, 15) is 23.1 Å². The average molecular weight is 483 g/mol. The molecule has 2 aliphatic rings. The van der Waals surface area contributed by atoms with E-state index in [1.54, 1.807) is 10.7 Å². The topological polar surface area (TPSA) is 70.8 Å². The van der Waals surface area contributed by atoms with Gasteiger partial charge in [0.25, 0.3) is 0 Å². The van der Waals surface area contributed by atoms with Crippen LogP contribution in [-0.4, -0.2) is 76.4 Å². The Morgan fingerprint density at radius 1 is 1.24 bits per heavy atom. The lowest BCUT2D eigenvalue weighted by Gasteiger charge is -2.47. The van der Waals surface area contributed by atoms with Crippen molar-refractivity contribution in [1.29, 1.82) is 0 Å². The van der Waals surface area contributed by atoms with Gasteiger partial charge < -0.3 is 14.7 Å². The minimum absolute atomic E-state index is 0.276. The number of halogens is 3. The van der Waals surface area contributed by atoms with Gasteiger partial charge in [0.15, 0.2) is 0 Å². The number of aryl methyl sites for hydroxylation is 1. The first kappa shape index (κ1) is 24.8. The second-order valence-electron chi connectivity index (χ2n) is 9.36. The second kappa shape index (κ2) is 9.73. The van der Waals surface area contributed by atoms with Crippen LogP contribution in [0.15, 0.2) is 12.3 Å². The first-order valence-electron chi connectivity index (χ1n) is 12.0. The molecule has 2 fully saturated rings. The van der Waals surface area contributed by atoms with Crippen molar-refractivity contribution in [3.63, 3.8) is 0 Å². The standard InChI is InChI=1S/C24H33F3N4O3/c1-4-18-19(23(32)33)10-21-20(11-28-29(21)3)22(18)31(5-2)16-8-6-15(7-9-16)30-12-17(13-30)34-14-24(25,26)27/h10-11,15-17H,4-9,12-14H2,1-3H3,(H,32,33). The van der Waals surface area contributed by atoms with Gasteiger partial charge in [-0.15, -0.1) is 0 Å². The van der Waals surface area contributed by atoms with Crippen molar-refractivity contribution in [3.05, 3.63) is 23.4 Å². The van der Waals surface area contributed by atoms with Gasteiger partial charge >= 0.3 is 12.1 Å². The Hall–Kier alpha value is -2.33. The van der Waals surface area contributed by atoms with Crippen LogP contribution in [0.3, 0.4) is 0 Å². The van der Waals surface area contributed by atoms with Crippen LogP contribution in [0.25, 0.3) is 10.9 Å². The molecule has 1 aromatic heterocycles. The first-order valence-corrected chi connectivity index (χ1v) is 12.0. The molecule has 34 heavy (non-hydrogen) atoms. The number of anilines is 1. The number of likely N-dealkylation sites (tertiary alicyclic amines) is 1. The van der Waals surface area contributed by atoms with Crippen LogP contribution >= 0.6 is 0 Å². The van der Waals surface area contributed by atoms with Gasteiger partial charge in [0, 0.05) is 44.2 Å². The van der Waals surface area contributed by atoms with E-state index in [0.717, 1.165) is 54.4 Å². The normalized spacial score (nSPS) is 22.2. The molecule has 1 aliphatic carbocycles. The highest BCUT2D eigenvalue weighted by Gasteiger charge is 2.39. The van der Waals surface area contributed by atoms with E-state index < -0.39 is 18.8 Å². The molecule has 0 unspecified atom stereocenters. The van der Waals surface area contributed by atoms with Gasteiger partial charge in [-0.05, 0) is 50.7 Å². The van der Waals surface area contributed by atoms with Crippen LogP contribution in [0.5, 0.6) is 0 Å². The fourth-order valence-electron chi connectivity index (χ4n) is 5.61. The summed E-state index contributed by atoms with van der Waals surface area (Å²) < 4.78 is 43.8. The summed E-state index contributed by atoms with van der Waals surface area (Å²) in [7, 11) is 1.82. The van der Waals surface area contributed by atoms with Crippen molar-refractivity contribution >= 4 is 22.6 Å². The molecular formula is C24H33F3N4O3. The molecule has 0 atom stereocenters. The number of carbonyl (C=O) groups is 1. The molecule has 188 valence electrons. The number of benzene rings is 1. The van der Waals surface area contributed by atoms with Crippen LogP contribution in [0.2, 0.25) is 0 Å². The number of hydrogen-bond donors (Lipinski definition) is 1. The van der Waals surface area contributed by atoms with Crippen LogP contribution in [0, 0.1) is 0 Å². The number of nitrogens with zero attached hydrogens (tertiary/aromatic N) is 4. The smallest absolute Gasteiger partial charge is 0.411 e. The Balaban J connectivity index is 1.47. The number of carboxylic acid groups (broad SMARTS) is 1. The Morgan fingerprint density at radius 3 is 2.47 bits per heavy atom. The highest BCUT2D eigenvalue weighted by atomic mass is 19.4. The Morgan fingerprint density at radius 2 is 1.91 bits per heavy atom. The van der Waals surface area contributed by atoms with Crippen LogP contribution in [0.4, 0.5) is 18.9 Å². The Bertz CT molecular complexity index is 1020. The molecule has 0 radical (unpaired) electrons. The molecule has 0 bridgehead atoms. The fraction of sp³-hybridized carbons (Fsp3) is 0.667. The van der Waals surface area contributed by atoms with Gasteiger partial charge in [0.1, 0.15) is 6.61 Å². The molecule has 4 rings (SSSR count). The molecule has 0 amide bonds. The number of alkyl halides is 3. The Kier molecular flexibility index (Phi) is 7.09. The lowest BCUT2D eigenvalue weighted by molar-refractivity contribution is -0.202. The molecule has 2 aromatic rings. The summed E-state index contributed by atoms with van der Waals surface area (Å²) in [6.07, 6.45) is 1.64. The number of rotatable bonds is 8. The molecule has 1 saturated heterocycles. The van der Waals surface area contributed by atoms with Crippen molar-refractivity contribution in [2.45, 2.75) is 70.3 Å². The van der Waals surface area contributed by atoms with Gasteiger partial charge in [-0.25, -0.2) is 4.79 Å². The average Bonchev–Trinajstić information content (AvgIpc) is 3.13. The number of aromatic nitrogens is 2. The maximum absolute atomic E-state index is 12.4. The van der Waals surface area contributed by atoms with Crippen molar-refractivity contribution in [2.24, 2.45) is 7.05 Å². The monoisotopic (exact) mass is 482 g/mol. The van der Waals surface area contributed by atoms with Crippen molar-refractivity contribution < 1.29 is 27.8 Å². The zero-order chi connectivity index (χ0) is 24.6. The van der Waals surface area contributed by atoms with E-state index in [0.29, 0.717) is 31.1 Å². The van der Waals surface area contributed by atoms with E-state index in [2.05, 4.69) is 21.8 Å². The minimum atomic E-state index is -4.28. The van der Waals surface area contributed by atoms with E-state index >= 15 is 0 Å². The highest BCUT2D eigenvalue weighted by molar-refractivity contribution is 6.02. The second-order valence-corrected chi connectivity index (χ2v) is 9.36. The lowest BCUT2D eigenvalue weighted by Crippen LogP contribution is -2.58. The molecule has 1 aromatic carbocycles. The predicted octanol–water partition coefficient (Wildman–Crippen LogP) is 4.23. The predicted molar refractivity (Wildman–Crippen MR) is 123 cm³/mol. The third-order valence-electron chi connectivity index (χ3n) is 7.33. The SMILES string of the molecule is CCc1c(C(=O)O)cc2c(cnn2C)c1N(CC)C1CCC(N2CC(OCC(F)(F)F)C2)CC1. The van der Waals surface area contributed by atoms with Gasteiger partial charge in [-0.3, -0.25) is 9.58 Å². The summed E-state index contributed by atoms with van der Waals surface area (Å²) in [4.78, 5) is 16.6. The summed E-state index contributed by atoms with van der Waals surface area (Å²) in [5.41, 5.74) is 2.94. The largest absolute Gasteiger partial charge is 0.478 e. The minimum Gasteiger partial charge on any atom is -0.478 e. The van der Waals surface area contributed by atoms with Crippen molar-refractivity contribution in [3.8, 4) is 0 Å².